The van der Waals surface area contributed by atoms with Gasteiger partial charge in [0.1, 0.15) is 17.8 Å². The zero-order valence-electron chi connectivity index (χ0n) is 12.6. The number of carbonyl (C=O) groups is 1. The number of nitrogens with zero attached hydrogens (tertiary/aromatic N) is 1. The molecule has 0 saturated carbocycles. The predicted octanol–water partition coefficient (Wildman–Crippen LogP) is 1.98. The normalized spacial score (nSPS) is 17.3. The van der Waals surface area contributed by atoms with E-state index in [1.54, 1.807) is 6.07 Å². The third-order valence-corrected chi connectivity index (χ3v) is 3.82. The van der Waals surface area contributed by atoms with Gasteiger partial charge in [0.2, 0.25) is 0 Å². The molecule has 118 valence electrons. The highest BCUT2D eigenvalue weighted by atomic mass is 16.5. The molecule has 1 aliphatic heterocycles. The molecule has 1 saturated heterocycles. The fourth-order valence-corrected chi connectivity index (χ4v) is 2.62. The van der Waals surface area contributed by atoms with Crippen molar-refractivity contribution in [2.24, 2.45) is 0 Å². The fourth-order valence-electron chi connectivity index (χ4n) is 2.62. The maximum absolute atomic E-state index is 12.1. The Morgan fingerprint density at radius 3 is 2.77 bits per heavy atom. The first kappa shape index (κ1) is 14.9. The van der Waals surface area contributed by atoms with Crippen molar-refractivity contribution in [3.8, 4) is 0 Å². The lowest BCUT2D eigenvalue weighted by Crippen LogP contribution is -2.43. The van der Waals surface area contributed by atoms with E-state index in [1.807, 2.05) is 19.1 Å². The molecule has 2 aromatic rings. The molecular weight excluding hydrogens is 284 g/mol. The molecule has 0 aliphatic carbocycles. The number of amides is 1. The Bertz CT molecular complexity index is 599. The van der Waals surface area contributed by atoms with Crippen molar-refractivity contribution in [1.29, 1.82) is 0 Å². The minimum Gasteiger partial charge on any atom is -0.472 e. The predicted molar refractivity (Wildman–Crippen MR) is 79.6 cm³/mol. The molecule has 6 nitrogen and oxygen atoms in total. The van der Waals surface area contributed by atoms with Gasteiger partial charge in [0.05, 0.1) is 31.1 Å². The van der Waals surface area contributed by atoms with Gasteiger partial charge in [-0.15, -0.1) is 0 Å². The second-order valence-electron chi connectivity index (χ2n) is 5.33. The topological polar surface area (TPSA) is 67.9 Å². The van der Waals surface area contributed by atoms with Crippen molar-refractivity contribution in [1.82, 2.24) is 10.2 Å². The maximum Gasteiger partial charge on any atom is 0.254 e. The zero-order chi connectivity index (χ0) is 15.4. The summed E-state index contributed by atoms with van der Waals surface area (Å²) < 4.78 is 16.1. The Balaban J connectivity index is 1.69. The summed E-state index contributed by atoms with van der Waals surface area (Å²) in [6.07, 6.45) is 2.93. The first-order valence-electron chi connectivity index (χ1n) is 7.42. The monoisotopic (exact) mass is 304 g/mol. The summed E-state index contributed by atoms with van der Waals surface area (Å²) in [4.78, 5) is 14.4. The zero-order valence-corrected chi connectivity index (χ0v) is 12.6. The Morgan fingerprint density at radius 1 is 1.32 bits per heavy atom. The number of hydrogen-bond donors (Lipinski definition) is 1. The SMILES string of the molecule is Cc1ccc([C@@H](CNC(=O)c2ccoc2)N2CCOCC2)o1. The van der Waals surface area contributed by atoms with Gasteiger partial charge in [0, 0.05) is 19.6 Å². The van der Waals surface area contributed by atoms with Crippen molar-refractivity contribution in [3.05, 3.63) is 47.8 Å². The second-order valence-corrected chi connectivity index (χ2v) is 5.33. The third-order valence-electron chi connectivity index (χ3n) is 3.82. The molecular formula is C16H20N2O4. The Morgan fingerprint density at radius 2 is 2.14 bits per heavy atom. The number of carbonyl (C=O) groups excluding carboxylic acids is 1. The minimum atomic E-state index is -0.143. The van der Waals surface area contributed by atoms with E-state index in [0.717, 1.165) is 24.6 Å². The van der Waals surface area contributed by atoms with Crippen LogP contribution in [0.1, 0.15) is 27.9 Å². The van der Waals surface area contributed by atoms with E-state index >= 15 is 0 Å². The molecule has 2 aromatic heterocycles. The van der Waals surface area contributed by atoms with Crippen LogP contribution in [-0.4, -0.2) is 43.7 Å². The highest BCUT2D eigenvalue weighted by Crippen LogP contribution is 2.23. The number of ether oxygens (including phenoxy) is 1. The molecule has 0 unspecified atom stereocenters. The molecule has 3 rings (SSSR count). The third kappa shape index (κ3) is 3.40. The van der Waals surface area contributed by atoms with E-state index in [4.69, 9.17) is 13.6 Å². The number of rotatable bonds is 5. The van der Waals surface area contributed by atoms with Crippen molar-refractivity contribution in [2.45, 2.75) is 13.0 Å². The summed E-state index contributed by atoms with van der Waals surface area (Å²) in [6.45, 7) is 5.45. The number of furan rings is 2. The standard InChI is InChI=1S/C16H20N2O4/c1-12-2-3-15(22-12)14(18-5-8-20-9-6-18)10-17-16(19)13-4-7-21-11-13/h2-4,7,11,14H,5-6,8-10H2,1H3,(H,17,19)/t14-/m1/s1. The summed E-state index contributed by atoms with van der Waals surface area (Å²) in [6, 6.07) is 5.57. The Labute approximate surface area is 129 Å². The number of morpholine rings is 1. The van der Waals surface area contributed by atoms with Gasteiger partial charge in [-0.25, -0.2) is 0 Å². The molecule has 1 aliphatic rings. The largest absolute Gasteiger partial charge is 0.472 e. The van der Waals surface area contributed by atoms with Gasteiger partial charge < -0.3 is 18.9 Å². The average molecular weight is 304 g/mol. The van der Waals surface area contributed by atoms with Crippen LogP contribution in [0.25, 0.3) is 0 Å². The van der Waals surface area contributed by atoms with Crippen LogP contribution >= 0.6 is 0 Å². The van der Waals surface area contributed by atoms with E-state index in [2.05, 4.69) is 10.2 Å². The van der Waals surface area contributed by atoms with E-state index in [0.29, 0.717) is 25.3 Å². The smallest absolute Gasteiger partial charge is 0.254 e. The van der Waals surface area contributed by atoms with Gasteiger partial charge in [0.25, 0.3) is 5.91 Å². The van der Waals surface area contributed by atoms with Crippen LogP contribution in [0.15, 0.2) is 39.6 Å². The van der Waals surface area contributed by atoms with Crippen molar-refractivity contribution in [3.63, 3.8) is 0 Å². The van der Waals surface area contributed by atoms with E-state index in [9.17, 15) is 4.79 Å². The highest BCUT2D eigenvalue weighted by Gasteiger charge is 2.25. The molecule has 3 heterocycles. The molecule has 6 heteroatoms. The molecule has 1 amide bonds. The second kappa shape index (κ2) is 6.81. The van der Waals surface area contributed by atoms with Crippen LogP contribution in [0, 0.1) is 6.92 Å². The minimum absolute atomic E-state index is 0.00783. The van der Waals surface area contributed by atoms with Crippen LogP contribution in [0.3, 0.4) is 0 Å². The first-order chi connectivity index (χ1) is 10.7. The van der Waals surface area contributed by atoms with Gasteiger partial charge in [-0.1, -0.05) is 0 Å². The lowest BCUT2D eigenvalue weighted by molar-refractivity contribution is 0.0117. The first-order valence-corrected chi connectivity index (χ1v) is 7.42. The van der Waals surface area contributed by atoms with E-state index in [-0.39, 0.29) is 11.9 Å². The fraction of sp³-hybridized carbons (Fsp3) is 0.438. The van der Waals surface area contributed by atoms with Gasteiger partial charge in [-0.05, 0) is 25.1 Å². The molecule has 1 fully saturated rings. The number of nitrogens with one attached hydrogen (secondary N) is 1. The molecule has 0 radical (unpaired) electrons. The van der Waals surface area contributed by atoms with Crippen molar-refractivity contribution >= 4 is 5.91 Å². The molecule has 22 heavy (non-hydrogen) atoms. The van der Waals surface area contributed by atoms with Crippen LogP contribution in [0.4, 0.5) is 0 Å². The molecule has 0 bridgehead atoms. The Hall–Kier alpha value is -2.05. The lowest BCUT2D eigenvalue weighted by Gasteiger charge is -2.33. The molecule has 0 spiro atoms. The highest BCUT2D eigenvalue weighted by molar-refractivity contribution is 5.93. The van der Waals surface area contributed by atoms with E-state index < -0.39 is 0 Å². The summed E-state index contributed by atoms with van der Waals surface area (Å²) in [7, 11) is 0. The van der Waals surface area contributed by atoms with Gasteiger partial charge in [-0.2, -0.15) is 0 Å². The number of aryl methyl sites for hydroxylation is 1. The Kier molecular flexibility index (Phi) is 4.60. The van der Waals surface area contributed by atoms with Crippen molar-refractivity contribution < 1.29 is 18.4 Å². The molecule has 0 aromatic carbocycles. The van der Waals surface area contributed by atoms with Crippen LogP contribution in [0.2, 0.25) is 0 Å². The van der Waals surface area contributed by atoms with Gasteiger partial charge >= 0.3 is 0 Å². The van der Waals surface area contributed by atoms with Crippen LogP contribution in [-0.2, 0) is 4.74 Å². The lowest BCUT2D eigenvalue weighted by atomic mass is 10.1. The summed E-state index contributed by atoms with van der Waals surface area (Å²) >= 11 is 0. The van der Waals surface area contributed by atoms with E-state index in [1.165, 1.54) is 12.5 Å². The number of hydrogen-bond acceptors (Lipinski definition) is 5. The van der Waals surface area contributed by atoms with Crippen LogP contribution < -0.4 is 5.32 Å². The summed E-state index contributed by atoms with van der Waals surface area (Å²) in [5.74, 6) is 1.59. The average Bonchev–Trinajstić information content (AvgIpc) is 3.20. The van der Waals surface area contributed by atoms with Crippen LogP contribution in [0.5, 0.6) is 0 Å². The summed E-state index contributed by atoms with van der Waals surface area (Å²) in [5.41, 5.74) is 0.524. The maximum atomic E-state index is 12.1. The van der Waals surface area contributed by atoms with Crippen molar-refractivity contribution in [2.75, 3.05) is 32.8 Å². The molecule has 1 N–H and O–H groups in total. The van der Waals surface area contributed by atoms with Gasteiger partial charge in [-0.3, -0.25) is 9.69 Å². The van der Waals surface area contributed by atoms with Gasteiger partial charge in [0.15, 0.2) is 0 Å². The quantitative estimate of drug-likeness (QED) is 0.915. The molecule has 1 atom stereocenters. The summed E-state index contributed by atoms with van der Waals surface area (Å²) in [5, 5.41) is 2.95.